The number of carbonyl (C=O) groups excluding carboxylic acids is 2. The van der Waals surface area contributed by atoms with E-state index in [1.54, 1.807) is 49.4 Å². The van der Waals surface area contributed by atoms with Gasteiger partial charge in [0.2, 0.25) is 11.8 Å². The zero-order valence-electron chi connectivity index (χ0n) is 24.7. The van der Waals surface area contributed by atoms with Crippen LogP contribution in [0.15, 0.2) is 102 Å². The topological polar surface area (TPSA) is 86.8 Å². The summed E-state index contributed by atoms with van der Waals surface area (Å²) in [6, 6.07) is 25.9. The first-order valence-electron chi connectivity index (χ1n) is 14.0. The molecule has 1 N–H and O–H groups in total. The van der Waals surface area contributed by atoms with Crippen molar-refractivity contribution in [2.24, 2.45) is 0 Å². The van der Waals surface area contributed by atoms with Crippen LogP contribution in [0.4, 0.5) is 10.1 Å². The normalized spacial score (nSPS) is 11.9. The van der Waals surface area contributed by atoms with Gasteiger partial charge in [-0.2, -0.15) is 0 Å². The van der Waals surface area contributed by atoms with Crippen LogP contribution in [0.2, 0.25) is 0 Å². The first-order chi connectivity index (χ1) is 20.5. The average Bonchev–Trinajstić information content (AvgIpc) is 2.99. The Morgan fingerprint density at radius 1 is 0.837 bits per heavy atom. The number of anilines is 1. The van der Waals surface area contributed by atoms with Crippen molar-refractivity contribution in [2.75, 3.05) is 17.9 Å². The summed E-state index contributed by atoms with van der Waals surface area (Å²) in [5, 5.41) is 2.62. The zero-order chi connectivity index (χ0) is 31.1. The third kappa shape index (κ3) is 7.48. The molecule has 0 fully saturated rings. The van der Waals surface area contributed by atoms with Crippen LogP contribution in [-0.2, 0) is 32.6 Å². The smallest absolute Gasteiger partial charge is 0.264 e. The van der Waals surface area contributed by atoms with E-state index in [0.29, 0.717) is 11.3 Å². The van der Waals surface area contributed by atoms with E-state index in [1.165, 1.54) is 30.1 Å². The fourth-order valence-electron chi connectivity index (χ4n) is 4.97. The average molecular weight is 602 g/mol. The van der Waals surface area contributed by atoms with Gasteiger partial charge in [-0.1, -0.05) is 83.9 Å². The minimum atomic E-state index is -4.22. The highest BCUT2D eigenvalue weighted by molar-refractivity contribution is 7.92. The second kappa shape index (κ2) is 13.6. The van der Waals surface area contributed by atoms with Crippen LogP contribution in [0, 0.1) is 26.6 Å². The van der Waals surface area contributed by atoms with E-state index in [9.17, 15) is 22.4 Å². The summed E-state index contributed by atoms with van der Waals surface area (Å²) >= 11 is 0. The number of carbonyl (C=O) groups is 2. The molecule has 4 rings (SSSR count). The summed E-state index contributed by atoms with van der Waals surface area (Å²) in [7, 11) is -2.75. The summed E-state index contributed by atoms with van der Waals surface area (Å²) in [4.78, 5) is 28.9. The highest BCUT2D eigenvalue weighted by Gasteiger charge is 2.35. The van der Waals surface area contributed by atoms with Gasteiger partial charge >= 0.3 is 0 Å². The predicted octanol–water partition coefficient (Wildman–Crippen LogP) is 5.33. The first-order valence-corrected chi connectivity index (χ1v) is 15.4. The first kappa shape index (κ1) is 31.4. The van der Waals surface area contributed by atoms with Crippen molar-refractivity contribution in [1.82, 2.24) is 10.2 Å². The second-order valence-corrected chi connectivity index (χ2v) is 12.4. The number of rotatable bonds is 11. The molecular weight excluding hydrogens is 565 g/mol. The van der Waals surface area contributed by atoms with E-state index in [1.807, 2.05) is 50.2 Å². The monoisotopic (exact) mass is 601 g/mol. The number of benzene rings is 4. The van der Waals surface area contributed by atoms with Crippen molar-refractivity contribution < 1.29 is 22.4 Å². The van der Waals surface area contributed by atoms with Gasteiger partial charge in [-0.05, 0) is 56.2 Å². The number of sulfonamides is 1. The van der Waals surface area contributed by atoms with E-state index in [4.69, 9.17) is 0 Å². The molecule has 0 aromatic heterocycles. The van der Waals surface area contributed by atoms with Crippen LogP contribution in [0.3, 0.4) is 0 Å². The van der Waals surface area contributed by atoms with Crippen molar-refractivity contribution in [3.8, 4) is 0 Å². The Morgan fingerprint density at radius 3 is 2.09 bits per heavy atom. The van der Waals surface area contributed by atoms with Gasteiger partial charge in [0.25, 0.3) is 10.0 Å². The Kier molecular flexibility index (Phi) is 9.98. The third-order valence-corrected chi connectivity index (χ3v) is 9.10. The fourth-order valence-corrected chi connectivity index (χ4v) is 6.45. The van der Waals surface area contributed by atoms with Crippen LogP contribution < -0.4 is 9.62 Å². The molecule has 0 aliphatic heterocycles. The molecule has 2 amide bonds. The maximum Gasteiger partial charge on any atom is 0.264 e. The molecule has 0 spiro atoms. The number of amides is 2. The van der Waals surface area contributed by atoms with Crippen LogP contribution in [-0.4, -0.2) is 44.8 Å². The minimum Gasteiger partial charge on any atom is -0.357 e. The number of aryl methyl sites for hydroxylation is 3. The van der Waals surface area contributed by atoms with Crippen LogP contribution in [0.25, 0.3) is 0 Å². The maximum absolute atomic E-state index is 14.9. The lowest BCUT2D eigenvalue weighted by atomic mass is 10.0. The molecule has 7 nitrogen and oxygen atoms in total. The summed E-state index contributed by atoms with van der Waals surface area (Å²) in [5.74, 6) is -1.63. The van der Waals surface area contributed by atoms with Gasteiger partial charge in [0.05, 0.1) is 10.6 Å². The van der Waals surface area contributed by atoms with Crippen molar-refractivity contribution in [1.29, 1.82) is 0 Å². The van der Waals surface area contributed by atoms with Crippen molar-refractivity contribution >= 4 is 27.5 Å². The van der Waals surface area contributed by atoms with Crippen molar-refractivity contribution in [2.45, 2.75) is 44.7 Å². The molecule has 0 bridgehead atoms. The molecule has 224 valence electrons. The quantitative estimate of drug-likeness (QED) is 0.252. The molecule has 4 aromatic rings. The Labute approximate surface area is 253 Å². The minimum absolute atomic E-state index is 0.0265. The van der Waals surface area contributed by atoms with Gasteiger partial charge in [-0.3, -0.25) is 13.9 Å². The predicted molar refractivity (Wildman–Crippen MR) is 167 cm³/mol. The van der Waals surface area contributed by atoms with Crippen LogP contribution >= 0.6 is 0 Å². The molecule has 43 heavy (non-hydrogen) atoms. The molecular formula is C34H36FN3O4S. The Balaban J connectivity index is 1.82. The van der Waals surface area contributed by atoms with E-state index >= 15 is 0 Å². The molecule has 0 aliphatic carbocycles. The van der Waals surface area contributed by atoms with E-state index in [0.717, 1.165) is 21.0 Å². The number of nitrogens with zero attached hydrogens (tertiary/aromatic N) is 2. The lowest BCUT2D eigenvalue weighted by Gasteiger charge is -2.34. The summed E-state index contributed by atoms with van der Waals surface area (Å²) < 4.78 is 44.2. The molecule has 9 heteroatoms. The largest absolute Gasteiger partial charge is 0.357 e. The van der Waals surface area contributed by atoms with Gasteiger partial charge in [-0.25, -0.2) is 12.8 Å². The number of hydrogen-bond donors (Lipinski definition) is 1. The molecule has 1 atom stereocenters. The van der Waals surface area contributed by atoms with Gasteiger partial charge in [0, 0.05) is 25.6 Å². The second-order valence-electron chi connectivity index (χ2n) is 10.5. The molecule has 0 unspecified atom stereocenters. The van der Waals surface area contributed by atoms with Crippen LogP contribution in [0.5, 0.6) is 0 Å². The Bertz CT molecular complexity index is 1690. The fraction of sp³-hybridized carbons (Fsp3) is 0.235. The van der Waals surface area contributed by atoms with E-state index in [-0.39, 0.29) is 23.4 Å². The van der Waals surface area contributed by atoms with Crippen molar-refractivity contribution in [3.05, 3.63) is 131 Å². The number of nitrogens with one attached hydrogen (secondary N) is 1. The number of hydrogen-bond acceptors (Lipinski definition) is 4. The molecule has 0 aliphatic rings. The van der Waals surface area contributed by atoms with Gasteiger partial charge in [-0.15, -0.1) is 0 Å². The lowest BCUT2D eigenvalue weighted by Crippen LogP contribution is -2.53. The highest BCUT2D eigenvalue weighted by Crippen LogP contribution is 2.29. The lowest BCUT2D eigenvalue weighted by molar-refractivity contribution is -0.139. The number of halogens is 1. The van der Waals surface area contributed by atoms with E-state index < -0.39 is 40.2 Å². The summed E-state index contributed by atoms with van der Waals surface area (Å²) in [6.45, 7) is 4.70. The molecule has 0 radical (unpaired) electrons. The van der Waals surface area contributed by atoms with Crippen molar-refractivity contribution in [3.63, 3.8) is 0 Å². The van der Waals surface area contributed by atoms with E-state index in [2.05, 4.69) is 5.32 Å². The van der Waals surface area contributed by atoms with Gasteiger partial charge in [0.15, 0.2) is 0 Å². The SMILES string of the molecule is CNC(=O)[C@@H](Cc1ccccc1)N(Cc1ccccc1F)C(=O)CN(c1ccc(C)cc1C)S(=O)(=O)c1ccc(C)cc1. The van der Waals surface area contributed by atoms with Gasteiger partial charge in [0.1, 0.15) is 18.4 Å². The Morgan fingerprint density at radius 2 is 1.47 bits per heavy atom. The molecule has 4 aromatic carbocycles. The number of likely N-dealkylation sites (N-methyl/N-ethyl adjacent to an activating group) is 1. The third-order valence-electron chi connectivity index (χ3n) is 7.32. The zero-order valence-corrected chi connectivity index (χ0v) is 25.6. The maximum atomic E-state index is 14.9. The summed E-state index contributed by atoms with van der Waals surface area (Å²) in [6.07, 6.45) is 0.148. The van der Waals surface area contributed by atoms with Gasteiger partial charge < -0.3 is 10.2 Å². The molecule has 0 saturated heterocycles. The summed E-state index contributed by atoms with van der Waals surface area (Å²) in [5.41, 5.74) is 3.82. The van der Waals surface area contributed by atoms with Crippen LogP contribution in [0.1, 0.15) is 27.8 Å². The highest BCUT2D eigenvalue weighted by atomic mass is 32.2. The standard InChI is InChI=1S/C34H36FN3O4S/c1-24-14-17-29(18-15-24)43(41,42)38(31-19-16-25(2)20-26(31)3)23-33(39)37(22-28-12-8-9-13-30(28)35)32(34(40)36-4)21-27-10-6-5-7-11-27/h5-20,32H,21-23H2,1-4H3,(H,36,40)/t32-/m1/s1. The molecule has 0 heterocycles. The Hall–Kier alpha value is -4.50. The molecule has 0 saturated carbocycles.